The highest BCUT2D eigenvalue weighted by Crippen LogP contribution is 2.37. The number of methoxy groups -OCH3 is 1. The number of hydrazone groups is 1. The molecule has 0 unspecified atom stereocenters. The average molecular weight is 616 g/mol. The molecule has 43 heavy (non-hydrogen) atoms. The van der Waals surface area contributed by atoms with Gasteiger partial charge in [0.25, 0.3) is 5.91 Å². The average Bonchev–Trinajstić information content (AvgIpc) is 3.36. The van der Waals surface area contributed by atoms with Crippen LogP contribution in [-0.2, 0) is 4.79 Å². The SMILES string of the molecule is COc1cc(C(=O)Oc2ccccc2C=NNC(=O)c2[nH]c3ccc(Cl)cc3c2-c2ccccc2Cl)ccc1OC(C)=O. The molecule has 0 saturated carbocycles. The Hall–Kier alpha value is -5.12. The van der Waals surface area contributed by atoms with Gasteiger partial charge < -0.3 is 19.2 Å². The van der Waals surface area contributed by atoms with Crippen LogP contribution in [0.3, 0.4) is 0 Å². The van der Waals surface area contributed by atoms with Crippen molar-refractivity contribution < 1.29 is 28.6 Å². The normalized spacial score (nSPS) is 11.0. The van der Waals surface area contributed by atoms with Crippen molar-refractivity contribution >= 4 is 58.2 Å². The van der Waals surface area contributed by atoms with Crippen LogP contribution in [0.2, 0.25) is 10.0 Å². The number of nitrogens with one attached hydrogen (secondary N) is 2. The molecule has 0 bridgehead atoms. The molecule has 2 N–H and O–H groups in total. The fourth-order valence-corrected chi connectivity index (χ4v) is 4.77. The predicted octanol–water partition coefficient (Wildman–Crippen LogP) is 7.06. The molecule has 0 fully saturated rings. The number of hydrogen-bond acceptors (Lipinski definition) is 7. The van der Waals surface area contributed by atoms with Gasteiger partial charge in [0.05, 0.1) is 18.9 Å². The number of amides is 1. The summed E-state index contributed by atoms with van der Waals surface area (Å²) in [6.07, 6.45) is 1.36. The third-order valence-electron chi connectivity index (χ3n) is 6.28. The Balaban J connectivity index is 1.37. The van der Waals surface area contributed by atoms with Crippen LogP contribution < -0.4 is 19.6 Å². The number of carbonyl (C=O) groups excluding carboxylic acids is 3. The number of aromatic amines is 1. The van der Waals surface area contributed by atoms with E-state index in [1.54, 1.807) is 54.6 Å². The van der Waals surface area contributed by atoms with Crippen LogP contribution in [0.5, 0.6) is 17.2 Å². The molecular formula is C32H23Cl2N3O6. The minimum absolute atomic E-state index is 0.166. The molecule has 11 heteroatoms. The number of aromatic nitrogens is 1. The van der Waals surface area contributed by atoms with Crippen molar-refractivity contribution in [1.82, 2.24) is 10.4 Å². The number of rotatable bonds is 8. The summed E-state index contributed by atoms with van der Waals surface area (Å²) >= 11 is 12.7. The first kappa shape index (κ1) is 29.4. The molecule has 0 aliphatic rings. The van der Waals surface area contributed by atoms with Gasteiger partial charge in [-0.25, -0.2) is 10.2 Å². The highest BCUT2D eigenvalue weighted by Gasteiger charge is 2.21. The number of halogens is 2. The second kappa shape index (κ2) is 12.8. The standard InChI is InChI=1S/C32H23Cl2N3O6/c1-18(38)42-27-14-11-19(15-28(27)41-2)32(40)43-26-10-6-3-7-20(26)17-35-37-31(39)30-29(22-8-4-5-9-24(22)34)23-16-21(33)12-13-25(23)36-30/h3-17,36H,1-2H3,(H,37,39). The van der Waals surface area contributed by atoms with Crippen molar-refractivity contribution in [2.45, 2.75) is 6.92 Å². The molecule has 0 aliphatic heterocycles. The van der Waals surface area contributed by atoms with E-state index >= 15 is 0 Å². The van der Waals surface area contributed by atoms with Crippen LogP contribution >= 0.6 is 23.2 Å². The van der Waals surface area contributed by atoms with Gasteiger partial charge in [0.15, 0.2) is 11.5 Å². The summed E-state index contributed by atoms with van der Waals surface area (Å²) in [7, 11) is 1.39. The van der Waals surface area contributed by atoms with E-state index < -0.39 is 17.8 Å². The van der Waals surface area contributed by atoms with E-state index in [-0.39, 0.29) is 28.5 Å². The maximum Gasteiger partial charge on any atom is 0.343 e. The Morgan fingerprint density at radius 2 is 1.63 bits per heavy atom. The fraction of sp³-hybridized carbons (Fsp3) is 0.0625. The van der Waals surface area contributed by atoms with Crippen LogP contribution in [0.15, 0.2) is 90.0 Å². The number of ether oxygens (including phenoxy) is 3. The molecule has 5 rings (SSSR count). The summed E-state index contributed by atoms with van der Waals surface area (Å²) in [6.45, 7) is 1.26. The Morgan fingerprint density at radius 3 is 2.40 bits per heavy atom. The Kier molecular flexibility index (Phi) is 8.75. The van der Waals surface area contributed by atoms with E-state index in [2.05, 4.69) is 15.5 Å². The lowest BCUT2D eigenvalue weighted by atomic mass is 10.0. The second-order valence-corrected chi connectivity index (χ2v) is 9.97. The molecular weight excluding hydrogens is 593 g/mol. The van der Waals surface area contributed by atoms with Gasteiger partial charge in [0.1, 0.15) is 11.4 Å². The van der Waals surface area contributed by atoms with Gasteiger partial charge >= 0.3 is 11.9 Å². The number of fused-ring (bicyclic) bond motifs is 1. The van der Waals surface area contributed by atoms with Crippen LogP contribution in [0, 0.1) is 0 Å². The minimum Gasteiger partial charge on any atom is -0.493 e. The molecule has 9 nitrogen and oxygen atoms in total. The van der Waals surface area contributed by atoms with Crippen molar-refractivity contribution in [1.29, 1.82) is 0 Å². The minimum atomic E-state index is -0.682. The van der Waals surface area contributed by atoms with Crippen molar-refractivity contribution in [3.8, 4) is 28.4 Å². The molecule has 4 aromatic carbocycles. The van der Waals surface area contributed by atoms with Gasteiger partial charge in [-0.3, -0.25) is 9.59 Å². The van der Waals surface area contributed by atoms with E-state index in [1.807, 2.05) is 12.1 Å². The van der Waals surface area contributed by atoms with E-state index in [9.17, 15) is 14.4 Å². The molecule has 0 saturated heterocycles. The lowest BCUT2D eigenvalue weighted by molar-refractivity contribution is -0.132. The summed E-state index contributed by atoms with van der Waals surface area (Å²) < 4.78 is 15.9. The monoisotopic (exact) mass is 615 g/mol. The second-order valence-electron chi connectivity index (χ2n) is 9.13. The van der Waals surface area contributed by atoms with Crippen molar-refractivity contribution in [2.24, 2.45) is 5.10 Å². The molecule has 0 atom stereocenters. The van der Waals surface area contributed by atoms with Gasteiger partial charge in [-0.1, -0.05) is 53.5 Å². The largest absolute Gasteiger partial charge is 0.493 e. The first-order chi connectivity index (χ1) is 20.7. The van der Waals surface area contributed by atoms with E-state index in [4.69, 9.17) is 37.4 Å². The molecule has 0 radical (unpaired) electrons. The topological polar surface area (TPSA) is 119 Å². The van der Waals surface area contributed by atoms with E-state index in [1.165, 1.54) is 38.4 Å². The number of carbonyl (C=O) groups is 3. The number of para-hydroxylation sites is 1. The summed E-state index contributed by atoms with van der Waals surface area (Å²) in [5.74, 6) is -1.16. The zero-order chi connectivity index (χ0) is 30.5. The third-order valence-corrected chi connectivity index (χ3v) is 6.84. The van der Waals surface area contributed by atoms with Crippen LogP contribution in [-0.4, -0.2) is 36.2 Å². The zero-order valence-corrected chi connectivity index (χ0v) is 24.3. The molecule has 5 aromatic rings. The van der Waals surface area contributed by atoms with Crippen LogP contribution in [0.4, 0.5) is 0 Å². The van der Waals surface area contributed by atoms with Crippen molar-refractivity contribution in [3.05, 3.63) is 112 Å². The number of hydrogen-bond donors (Lipinski definition) is 2. The van der Waals surface area contributed by atoms with Gasteiger partial charge in [-0.15, -0.1) is 0 Å². The zero-order valence-electron chi connectivity index (χ0n) is 22.8. The first-order valence-corrected chi connectivity index (χ1v) is 13.6. The highest BCUT2D eigenvalue weighted by molar-refractivity contribution is 6.34. The molecule has 216 valence electrons. The maximum absolute atomic E-state index is 13.3. The van der Waals surface area contributed by atoms with Crippen molar-refractivity contribution in [3.63, 3.8) is 0 Å². The molecule has 0 aliphatic carbocycles. The Bertz CT molecular complexity index is 1900. The number of H-pyrrole nitrogens is 1. The molecule has 1 amide bonds. The smallest absolute Gasteiger partial charge is 0.343 e. The van der Waals surface area contributed by atoms with Crippen molar-refractivity contribution in [2.75, 3.05) is 7.11 Å². The van der Waals surface area contributed by atoms with E-state index in [0.29, 0.717) is 32.3 Å². The van der Waals surface area contributed by atoms with Crippen LogP contribution in [0.25, 0.3) is 22.0 Å². The number of esters is 2. The lowest BCUT2D eigenvalue weighted by Gasteiger charge is -2.11. The molecule has 1 aromatic heterocycles. The third kappa shape index (κ3) is 6.53. The maximum atomic E-state index is 13.3. The van der Waals surface area contributed by atoms with Gasteiger partial charge in [-0.2, -0.15) is 5.10 Å². The summed E-state index contributed by atoms with van der Waals surface area (Å²) in [4.78, 5) is 40.7. The van der Waals surface area contributed by atoms with Crippen LogP contribution in [0.1, 0.15) is 33.3 Å². The molecule has 1 heterocycles. The predicted molar refractivity (Wildman–Crippen MR) is 165 cm³/mol. The first-order valence-electron chi connectivity index (χ1n) is 12.8. The van der Waals surface area contributed by atoms with Gasteiger partial charge in [0.2, 0.25) is 0 Å². The number of nitrogens with zero attached hydrogens (tertiary/aromatic N) is 1. The molecule has 0 spiro atoms. The summed E-state index contributed by atoms with van der Waals surface area (Å²) in [6, 6.07) is 23.4. The Morgan fingerprint density at radius 1 is 0.860 bits per heavy atom. The summed E-state index contributed by atoms with van der Waals surface area (Å²) in [5, 5.41) is 5.81. The fourth-order valence-electron chi connectivity index (χ4n) is 4.37. The number of benzene rings is 4. The van der Waals surface area contributed by atoms with Gasteiger partial charge in [-0.05, 0) is 54.6 Å². The Labute approximate surface area is 256 Å². The highest BCUT2D eigenvalue weighted by atomic mass is 35.5. The van der Waals surface area contributed by atoms with Gasteiger partial charge in [0, 0.05) is 44.6 Å². The summed E-state index contributed by atoms with van der Waals surface area (Å²) in [5.41, 5.74) is 5.30. The lowest BCUT2D eigenvalue weighted by Crippen LogP contribution is -2.19. The quantitative estimate of drug-likeness (QED) is 0.0834. The van der Waals surface area contributed by atoms with E-state index in [0.717, 1.165) is 5.39 Å².